The van der Waals surface area contributed by atoms with E-state index in [9.17, 15) is 0 Å². The van der Waals surface area contributed by atoms with Crippen molar-refractivity contribution in [1.29, 1.82) is 0 Å². The molecule has 1 saturated heterocycles. The van der Waals surface area contributed by atoms with Gasteiger partial charge < -0.3 is 0 Å². The van der Waals surface area contributed by atoms with E-state index in [1.54, 1.807) is 6.42 Å². The van der Waals surface area contributed by atoms with Gasteiger partial charge in [0.05, 0.1) is 0 Å². The second kappa shape index (κ2) is 3.39. The fourth-order valence-corrected chi connectivity index (χ4v) is 4.85. The Morgan fingerprint density at radius 2 is 2.00 bits per heavy atom. The van der Waals surface area contributed by atoms with Crippen molar-refractivity contribution in [3.05, 3.63) is 0 Å². The molecule has 2 atom stereocenters. The van der Waals surface area contributed by atoms with E-state index in [1.165, 1.54) is 30.1 Å². The van der Waals surface area contributed by atoms with Crippen LogP contribution in [0.4, 0.5) is 0 Å². The summed E-state index contributed by atoms with van der Waals surface area (Å²) in [6, 6.07) is 0.954. The summed E-state index contributed by atoms with van der Waals surface area (Å²) < 4.78 is 5.26. The molecule has 2 fully saturated rings. The van der Waals surface area contributed by atoms with E-state index in [-0.39, 0.29) is 0 Å². The van der Waals surface area contributed by atoms with Crippen molar-refractivity contribution in [3.63, 3.8) is 0 Å². The molecule has 2 unspecified atom stereocenters. The first-order valence-electron chi connectivity index (χ1n) is 4.30. The van der Waals surface area contributed by atoms with Crippen LogP contribution in [-0.2, 0) is 0 Å². The van der Waals surface area contributed by atoms with Gasteiger partial charge in [-0.05, 0) is 0 Å². The topological polar surface area (TPSA) is 12.0 Å². The third-order valence-electron chi connectivity index (χ3n) is 2.70. The van der Waals surface area contributed by atoms with Gasteiger partial charge in [0.15, 0.2) is 0 Å². The van der Waals surface area contributed by atoms with Crippen molar-refractivity contribution in [2.45, 2.75) is 38.1 Å². The molecule has 2 aliphatic rings. The molecule has 10 heavy (non-hydrogen) atoms. The van der Waals surface area contributed by atoms with Crippen LogP contribution >= 0.6 is 0 Å². The van der Waals surface area contributed by atoms with Crippen LogP contribution in [0.2, 0.25) is 0 Å². The molecule has 0 amide bonds. The second-order valence-electron chi connectivity index (χ2n) is 3.37. The van der Waals surface area contributed by atoms with E-state index in [4.69, 9.17) is 0 Å². The van der Waals surface area contributed by atoms with E-state index in [0.29, 0.717) is 21.5 Å². The number of nitrogens with one attached hydrogen (secondary N) is 1. The average molecular weight is 252 g/mol. The Labute approximate surface area is 73.6 Å². The van der Waals surface area contributed by atoms with Crippen molar-refractivity contribution < 1.29 is 21.5 Å². The molecule has 2 heteroatoms. The fourth-order valence-electron chi connectivity index (χ4n) is 2.05. The molecule has 0 aromatic heterocycles. The van der Waals surface area contributed by atoms with Crippen molar-refractivity contribution >= 4 is 0 Å². The molecule has 0 aromatic carbocycles. The van der Waals surface area contributed by atoms with Crippen molar-refractivity contribution in [2.75, 3.05) is 4.43 Å². The maximum atomic E-state index is 3.73. The number of fused-ring (bicyclic) bond motifs is 1. The molecular weight excluding hydrogens is 237 g/mol. The standard InChI is InChI=1S/C8H15IN/c1-2-4-8-7(3-1)5-6-9-10-8/h7-8,10H,1-6H2/q-1. The molecule has 0 aromatic rings. The SMILES string of the molecule is C1CCC2N[I-]CCC2C1. The molecular formula is C8H15IN-. The van der Waals surface area contributed by atoms with E-state index in [0.717, 1.165) is 12.0 Å². The van der Waals surface area contributed by atoms with Gasteiger partial charge in [0.1, 0.15) is 0 Å². The average Bonchev–Trinajstić information content (AvgIpc) is 2.05. The van der Waals surface area contributed by atoms with Crippen molar-refractivity contribution in [2.24, 2.45) is 5.92 Å². The summed E-state index contributed by atoms with van der Waals surface area (Å²) in [7, 11) is 0. The van der Waals surface area contributed by atoms with Gasteiger partial charge in [-0.3, -0.25) is 0 Å². The van der Waals surface area contributed by atoms with Crippen LogP contribution in [0.5, 0.6) is 0 Å². The quantitative estimate of drug-likeness (QED) is 0.316. The Balaban J connectivity index is 1.93. The maximum absolute atomic E-state index is 3.73. The first-order valence-corrected chi connectivity index (χ1v) is 6.91. The Kier molecular flexibility index (Phi) is 2.49. The van der Waals surface area contributed by atoms with Crippen LogP contribution in [0, 0.1) is 5.92 Å². The van der Waals surface area contributed by atoms with Crippen LogP contribution in [0.15, 0.2) is 0 Å². The number of hydrogen-bond acceptors (Lipinski definition) is 1. The Hall–Kier alpha value is 0.690. The molecule has 60 valence electrons. The summed E-state index contributed by atoms with van der Waals surface area (Å²) >= 11 is 0.419. The summed E-state index contributed by atoms with van der Waals surface area (Å²) in [6.45, 7) is 0. The first kappa shape index (κ1) is 7.35. The van der Waals surface area contributed by atoms with Gasteiger partial charge in [0, 0.05) is 0 Å². The summed E-state index contributed by atoms with van der Waals surface area (Å²) in [5.74, 6) is 1.07. The van der Waals surface area contributed by atoms with Crippen LogP contribution < -0.4 is 25.0 Å². The number of hydrogen-bond donors (Lipinski definition) is 1. The van der Waals surface area contributed by atoms with Crippen LogP contribution in [0.1, 0.15) is 32.1 Å². The van der Waals surface area contributed by atoms with Gasteiger partial charge in [-0.25, -0.2) is 0 Å². The minimum atomic E-state index is 0.419. The molecule has 1 N–H and O–H groups in total. The zero-order valence-corrected chi connectivity index (χ0v) is 8.43. The van der Waals surface area contributed by atoms with E-state index >= 15 is 0 Å². The van der Waals surface area contributed by atoms with Gasteiger partial charge in [-0.1, -0.05) is 0 Å². The predicted octanol–water partition coefficient (Wildman–Crippen LogP) is -1.46. The molecule has 1 heterocycles. The van der Waals surface area contributed by atoms with Crippen molar-refractivity contribution in [1.82, 2.24) is 3.53 Å². The molecule has 1 aliphatic heterocycles. The van der Waals surface area contributed by atoms with Crippen LogP contribution in [0.25, 0.3) is 0 Å². The van der Waals surface area contributed by atoms with Gasteiger partial charge in [-0.2, -0.15) is 0 Å². The monoisotopic (exact) mass is 252 g/mol. The van der Waals surface area contributed by atoms with Crippen LogP contribution in [0.3, 0.4) is 0 Å². The summed E-state index contributed by atoms with van der Waals surface area (Å²) in [5, 5.41) is 0. The first-order chi connectivity index (χ1) is 4.97. The number of rotatable bonds is 0. The summed E-state index contributed by atoms with van der Waals surface area (Å²) in [5.41, 5.74) is 0. The zero-order chi connectivity index (χ0) is 6.81. The minimum absolute atomic E-state index is 0.419. The Morgan fingerprint density at radius 3 is 2.90 bits per heavy atom. The molecule has 0 radical (unpaired) electrons. The molecule has 1 saturated carbocycles. The van der Waals surface area contributed by atoms with E-state index < -0.39 is 0 Å². The molecule has 0 bridgehead atoms. The Bertz CT molecular complexity index is 89.8. The molecule has 0 spiro atoms. The van der Waals surface area contributed by atoms with Crippen molar-refractivity contribution in [3.8, 4) is 0 Å². The third-order valence-corrected chi connectivity index (χ3v) is 5.10. The molecule has 2 rings (SSSR count). The molecule has 1 nitrogen and oxygen atoms in total. The van der Waals surface area contributed by atoms with Gasteiger partial charge >= 0.3 is 73.5 Å². The summed E-state index contributed by atoms with van der Waals surface area (Å²) in [4.78, 5) is 0. The third kappa shape index (κ3) is 1.47. The molecule has 1 aliphatic carbocycles. The second-order valence-corrected chi connectivity index (χ2v) is 5.84. The Morgan fingerprint density at radius 1 is 1.10 bits per heavy atom. The van der Waals surface area contributed by atoms with E-state index in [1.807, 2.05) is 0 Å². The van der Waals surface area contributed by atoms with Gasteiger partial charge in [0.25, 0.3) is 0 Å². The summed E-state index contributed by atoms with van der Waals surface area (Å²) in [6.07, 6.45) is 7.52. The fraction of sp³-hybridized carbons (Fsp3) is 1.00. The zero-order valence-electron chi connectivity index (χ0n) is 6.28. The van der Waals surface area contributed by atoms with Crippen LogP contribution in [-0.4, -0.2) is 10.5 Å². The predicted molar refractivity (Wildman–Crippen MR) is 38.4 cm³/mol. The number of halogens is 1. The number of alkyl halides is 1. The van der Waals surface area contributed by atoms with Gasteiger partial charge in [-0.15, -0.1) is 0 Å². The normalized spacial score (nSPS) is 41.6. The van der Waals surface area contributed by atoms with Gasteiger partial charge in [0.2, 0.25) is 0 Å². The van der Waals surface area contributed by atoms with E-state index in [2.05, 4.69) is 3.53 Å².